The van der Waals surface area contributed by atoms with Crippen LogP contribution in [-0.4, -0.2) is 41.3 Å². The number of hydrogen-bond donors (Lipinski definition) is 2. The summed E-state index contributed by atoms with van der Waals surface area (Å²) < 4.78 is 0. The first-order valence-electron chi connectivity index (χ1n) is 8.62. The second-order valence-corrected chi connectivity index (χ2v) is 7.17. The Morgan fingerprint density at radius 1 is 1.09 bits per heavy atom. The van der Waals surface area contributed by atoms with E-state index in [1.54, 1.807) is 0 Å². The molecule has 22 heavy (non-hydrogen) atoms. The van der Waals surface area contributed by atoms with Gasteiger partial charge in [0.2, 0.25) is 0 Å². The first-order chi connectivity index (χ1) is 10.7. The van der Waals surface area contributed by atoms with E-state index in [1.165, 1.54) is 18.4 Å². The lowest BCUT2D eigenvalue weighted by Crippen LogP contribution is -2.50. The van der Waals surface area contributed by atoms with E-state index < -0.39 is 0 Å². The molecule has 4 heteroatoms. The van der Waals surface area contributed by atoms with Gasteiger partial charge in [0.05, 0.1) is 6.10 Å². The van der Waals surface area contributed by atoms with E-state index in [9.17, 15) is 5.11 Å². The Bertz CT molecular complexity index is 474. The van der Waals surface area contributed by atoms with Crippen molar-refractivity contribution >= 4 is 11.6 Å². The minimum absolute atomic E-state index is 0.144. The lowest BCUT2D eigenvalue weighted by atomic mass is 9.91. The molecule has 0 aromatic heterocycles. The number of aliphatic hydroxyl groups is 1. The molecule has 1 aliphatic carbocycles. The number of rotatable bonds is 4. The number of halogens is 1. The molecule has 0 radical (unpaired) electrons. The highest BCUT2D eigenvalue weighted by atomic mass is 35.5. The minimum Gasteiger partial charge on any atom is -0.392 e. The van der Waals surface area contributed by atoms with Crippen molar-refractivity contribution in [3.63, 3.8) is 0 Å². The Kier molecular flexibility index (Phi) is 5.75. The van der Waals surface area contributed by atoms with Gasteiger partial charge in [0, 0.05) is 23.7 Å². The summed E-state index contributed by atoms with van der Waals surface area (Å²) in [5.74, 6) is 0. The maximum Gasteiger partial charge on any atom is 0.0693 e. The number of nitrogens with one attached hydrogen (secondary N) is 1. The molecule has 1 heterocycles. The molecule has 3 nitrogen and oxygen atoms in total. The molecule has 3 rings (SSSR count). The highest BCUT2D eigenvalue weighted by Gasteiger charge is 2.27. The third kappa shape index (κ3) is 4.23. The lowest BCUT2D eigenvalue weighted by Gasteiger charge is -2.37. The second kappa shape index (κ2) is 7.78. The van der Waals surface area contributed by atoms with E-state index in [4.69, 9.17) is 11.6 Å². The molecule has 2 N–H and O–H groups in total. The molecule has 1 aliphatic heterocycles. The average Bonchev–Trinajstić information content (AvgIpc) is 2.54. The molecule has 0 unspecified atom stereocenters. The SMILES string of the molecule is O[C@H]1CCCC[C@@H]1NC1CCN(Cc2ccccc2Cl)CC1. The summed E-state index contributed by atoms with van der Waals surface area (Å²) in [4.78, 5) is 2.48. The summed E-state index contributed by atoms with van der Waals surface area (Å²) in [6, 6.07) is 8.99. The van der Waals surface area contributed by atoms with Crippen LogP contribution in [-0.2, 0) is 6.54 Å². The predicted octanol–water partition coefficient (Wildman–Crippen LogP) is 3.20. The quantitative estimate of drug-likeness (QED) is 0.893. The van der Waals surface area contributed by atoms with Gasteiger partial charge in [-0.1, -0.05) is 42.6 Å². The van der Waals surface area contributed by atoms with Crippen LogP contribution >= 0.6 is 11.6 Å². The van der Waals surface area contributed by atoms with Gasteiger partial charge in [-0.3, -0.25) is 4.90 Å². The number of hydrogen-bond acceptors (Lipinski definition) is 3. The van der Waals surface area contributed by atoms with E-state index in [1.807, 2.05) is 12.1 Å². The van der Waals surface area contributed by atoms with E-state index in [0.29, 0.717) is 12.1 Å². The van der Waals surface area contributed by atoms with Crippen molar-refractivity contribution in [2.45, 2.75) is 63.3 Å². The molecule has 122 valence electrons. The van der Waals surface area contributed by atoms with Crippen molar-refractivity contribution in [2.75, 3.05) is 13.1 Å². The van der Waals surface area contributed by atoms with Crippen molar-refractivity contribution < 1.29 is 5.11 Å². The van der Waals surface area contributed by atoms with Crippen LogP contribution in [0, 0.1) is 0 Å². The van der Waals surface area contributed by atoms with E-state index in [0.717, 1.165) is 50.3 Å². The van der Waals surface area contributed by atoms with Gasteiger partial charge in [0.1, 0.15) is 0 Å². The zero-order chi connectivity index (χ0) is 15.4. The minimum atomic E-state index is -0.144. The monoisotopic (exact) mass is 322 g/mol. The number of likely N-dealkylation sites (tertiary alicyclic amines) is 1. The third-order valence-corrected chi connectivity index (χ3v) is 5.49. The first kappa shape index (κ1) is 16.3. The van der Waals surface area contributed by atoms with Gasteiger partial charge in [-0.2, -0.15) is 0 Å². The van der Waals surface area contributed by atoms with Crippen molar-refractivity contribution in [3.8, 4) is 0 Å². The summed E-state index contributed by atoms with van der Waals surface area (Å²) in [5, 5.41) is 14.7. The molecule has 1 aromatic rings. The Labute approximate surface area is 138 Å². The largest absolute Gasteiger partial charge is 0.392 e. The third-order valence-electron chi connectivity index (χ3n) is 5.12. The van der Waals surface area contributed by atoms with Crippen LogP contribution in [0.2, 0.25) is 5.02 Å². The van der Waals surface area contributed by atoms with Crippen LogP contribution < -0.4 is 5.32 Å². The van der Waals surface area contributed by atoms with Crippen molar-refractivity contribution in [1.29, 1.82) is 0 Å². The average molecular weight is 323 g/mol. The van der Waals surface area contributed by atoms with Gasteiger partial charge in [-0.15, -0.1) is 0 Å². The molecular formula is C18H27ClN2O. The van der Waals surface area contributed by atoms with Gasteiger partial charge in [0.25, 0.3) is 0 Å². The Hall–Kier alpha value is -0.610. The van der Waals surface area contributed by atoms with Crippen molar-refractivity contribution in [1.82, 2.24) is 10.2 Å². The molecule has 1 aromatic carbocycles. The summed E-state index contributed by atoms with van der Waals surface area (Å²) in [6.45, 7) is 3.15. The van der Waals surface area contributed by atoms with Crippen LogP contribution in [0.25, 0.3) is 0 Å². The van der Waals surface area contributed by atoms with E-state index in [2.05, 4.69) is 22.3 Å². The van der Waals surface area contributed by atoms with Gasteiger partial charge in [-0.05, 0) is 50.4 Å². The Balaban J connectivity index is 1.45. The van der Waals surface area contributed by atoms with Crippen LogP contribution in [0.3, 0.4) is 0 Å². The van der Waals surface area contributed by atoms with E-state index in [-0.39, 0.29) is 6.10 Å². The number of nitrogens with zero attached hydrogens (tertiary/aromatic N) is 1. The van der Waals surface area contributed by atoms with Crippen LogP contribution in [0.1, 0.15) is 44.1 Å². The molecule has 1 saturated heterocycles. The summed E-state index contributed by atoms with van der Waals surface area (Å²) in [6.07, 6.45) is 6.69. The highest BCUT2D eigenvalue weighted by molar-refractivity contribution is 6.31. The molecular weight excluding hydrogens is 296 g/mol. The standard InChI is InChI=1S/C18H27ClN2O/c19-16-6-2-1-5-14(16)13-21-11-9-15(10-12-21)20-17-7-3-4-8-18(17)22/h1-2,5-6,15,17-18,20,22H,3-4,7-13H2/t17-,18-/m0/s1. The smallest absolute Gasteiger partial charge is 0.0693 e. The molecule has 0 amide bonds. The fourth-order valence-corrected chi connectivity index (χ4v) is 3.93. The number of aliphatic hydroxyl groups excluding tert-OH is 1. The van der Waals surface area contributed by atoms with Crippen molar-refractivity contribution in [3.05, 3.63) is 34.9 Å². The highest BCUT2D eigenvalue weighted by Crippen LogP contribution is 2.22. The predicted molar refractivity (Wildman–Crippen MR) is 91.1 cm³/mol. The zero-order valence-corrected chi connectivity index (χ0v) is 13.9. The van der Waals surface area contributed by atoms with Gasteiger partial charge in [-0.25, -0.2) is 0 Å². The fourth-order valence-electron chi connectivity index (χ4n) is 3.73. The van der Waals surface area contributed by atoms with Gasteiger partial charge >= 0.3 is 0 Å². The molecule has 0 spiro atoms. The maximum absolute atomic E-state index is 10.1. The van der Waals surface area contributed by atoms with Crippen LogP contribution in [0.5, 0.6) is 0 Å². The maximum atomic E-state index is 10.1. The van der Waals surface area contributed by atoms with Crippen LogP contribution in [0.4, 0.5) is 0 Å². The lowest BCUT2D eigenvalue weighted by molar-refractivity contribution is 0.0759. The zero-order valence-electron chi connectivity index (χ0n) is 13.2. The van der Waals surface area contributed by atoms with Gasteiger partial charge in [0.15, 0.2) is 0 Å². The van der Waals surface area contributed by atoms with Crippen molar-refractivity contribution in [2.24, 2.45) is 0 Å². The molecule has 2 atom stereocenters. The topological polar surface area (TPSA) is 35.5 Å². The first-order valence-corrected chi connectivity index (χ1v) is 9.00. The normalized spacial score (nSPS) is 27.9. The molecule has 2 aliphatic rings. The summed E-state index contributed by atoms with van der Waals surface area (Å²) >= 11 is 6.25. The molecule has 0 bridgehead atoms. The number of piperidine rings is 1. The Morgan fingerprint density at radius 2 is 1.82 bits per heavy atom. The Morgan fingerprint density at radius 3 is 2.55 bits per heavy atom. The van der Waals surface area contributed by atoms with Crippen LogP contribution in [0.15, 0.2) is 24.3 Å². The number of benzene rings is 1. The molecule has 2 fully saturated rings. The fraction of sp³-hybridized carbons (Fsp3) is 0.667. The van der Waals surface area contributed by atoms with E-state index >= 15 is 0 Å². The second-order valence-electron chi connectivity index (χ2n) is 6.77. The molecule has 1 saturated carbocycles. The van der Waals surface area contributed by atoms with Gasteiger partial charge < -0.3 is 10.4 Å². The summed E-state index contributed by atoms with van der Waals surface area (Å²) in [5.41, 5.74) is 1.22. The summed E-state index contributed by atoms with van der Waals surface area (Å²) in [7, 11) is 0.